The van der Waals surface area contributed by atoms with Gasteiger partial charge in [0.25, 0.3) is 0 Å². The summed E-state index contributed by atoms with van der Waals surface area (Å²) >= 11 is 0. The molecule has 0 spiro atoms. The summed E-state index contributed by atoms with van der Waals surface area (Å²) in [6, 6.07) is 0.109. The third-order valence-corrected chi connectivity index (χ3v) is 3.14. The Balaban J connectivity index is 2.15. The largest absolute Gasteiger partial charge is 0.352 e. The molecule has 0 saturated carbocycles. The fourth-order valence-corrected chi connectivity index (χ4v) is 2.03. The minimum absolute atomic E-state index is 0.0662. The van der Waals surface area contributed by atoms with Crippen molar-refractivity contribution in [2.75, 3.05) is 26.2 Å². The molecule has 1 saturated heterocycles. The third kappa shape index (κ3) is 6.00. The van der Waals surface area contributed by atoms with Gasteiger partial charge in [0.2, 0.25) is 11.8 Å². The first kappa shape index (κ1) is 15.0. The van der Waals surface area contributed by atoms with Crippen LogP contribution in [-0.4, -0.2) is 48.9 Å². The third-order valence-electron chi connectivity index (χ3n) is 3.14. The number of hydrogen-bond donors (Lipinski definition) is 2. The Hall–Kier alpha value is -1.10. The lowest BCUT2D eigenvalue weighted by Crippen LogP contribution is -2.45. The van der Waals surface area contributed by atoms with Gasteiger partial charge < -0.3 is 10.6 Å². The molecule has 1 heterocycles. The van der Waals surface area contributed by atoms with E-state index >= 15 is 0 Å². The molecule has 1 rings (SSSR count). The lowest BCUT2D eigenvalue weighted by atomic mass is 9.99. The van der Waals surface area contributed by atoms with Crippen molar-refractivity contribution >= 4 is 11.8 Å². The number of amides is 2. The molecule has 5 heteroatoms. The Kier molecular flexibility index (Phi) is 6.12. The van der Waals surface area contributed by atoms with Gasteiger partial charge in [-0.25, -0.2) is 0 Å². The van der Waals surface area contributed by atoms with Gasteiger partial charge in [-0.3, -0.25) is 14.5 Å². The lowest BCUT2D eigenvalue weighted by Gasteiger charge is -2.29. The van der Waals surface area contributed by atoms with Gasteiger partial charge in [-0.15, -0.1) is 0 Å². The Morgan fingerprint density at radius 2 is 1.83 bits per heavy atom. The average Bonchev–Trinajstić information content (AvgIpc) is 2.29. The smallest absolute Gasteiger partial charge is 0.239 e. The molecular formula is C13H25N3O2. The molecule has 1 aliphatic heterocycles. The Morgan fingerprint density at radius 3 is 2.39 bits per heavy atom. The van der Waals surface area contributed by atoms with Crippen molar-refractivity contribution in [3.63, 3.8) is 0 Å². The van der Waals surface area contributed by atoms with Gasteiger partial charge in [0.15, 0.2) is 0 Å². The SMILES string of the molecule is CC1CCN(CC(=O)NCC(=O)NC(C)C)CC1. The van der Waals surface area contributed by atoms with Crippen molar-refractivity contribution < 1.29 is 9.59 Å². The van der Waals surface area contributed by atoms with Crippen molar-refractivity contribution in [2.45, 2.75) is 39.7 Å². The first-order valence-electron chi connectivity index (χ1n) is 6.75. The minimum atomic E-state index is -0.134. The summed E-state index contributed by atoms with van der Waals surface area (Å²) in [5, 5.41) is 5.39. The number of nitrogens with zero attached hydrogens (tertiary/aromatic N) is 1. The molecule has 0 aliphatic carbocycles. The molecule has 0 aromatic rings. The topological polar surface area (TPSA) is 61.4 Å². The van der Waals surface area contributed by atoms with E-state index in [1.54, 1.807) is 0 Å². The van der Waals surface area contributed by atoms with Crippen LogP contribution in [0.4, 0.5) is 0 Å². The Morgan fingerprint density at radius 1 is 1.22 bits per heavy atom. The van der Waals surface area contributed by atoms with Gasteiger partial charge >= 0.3 is 0 Å². The van der Waals surface area contributed by atoms with Crippen molar-refractivity contribution in [3.8, 4) is 0 Å². The first-order chi connectivity index (χ1) is 8.47. The predicted molar refractivity (Wildman–Crippen MR) is 71.1 cm³/mol. The van der Waals surface area contributed by atoms with Crippen LogP contribution in [0.2, 0.25) is 0 Å². The zero-order chi connectivity index (χ0) is 13.5. The van der Waals surface area contributed by atoms with E-state index in [1.165, 1.54) is 0 Å². The van der Waals surface area contributed by atoms with E-state index in [-0.39, 0.29) is 24.4 Å². The van der Waals surface area contributed by atoms with Crippen LogP contribution in [-0.2, 0) is 9.59 Å². The fourth-order valence-electron chi connectivity index (χ4n) is 2.03. The van der Waals surface area contributed by atoms with Crippen molar-refractivity contribution in [2.24, 2.45) is 5.92 Å². The predicted octanol–water partition coefficient (Wildman–Crippen LogP) is 0.359. The number of rotatable bonds is 5. The highest BCUT2D eigenvalue weighted by molar-refractivity contribution is 5.85. The second-order valence-electron chi connectivity index (χ2n) is 5.46. The van der Waals surface area contributed by atoms with Crippen LogP contribution in [0.5, 0.6) is 0 Å². The number of nitrogens with one attached hydrogen (secondary N) is 2. The van der Waals surface area contributed by atoms with E-state index in [1.807, 2.05) is 13.8 Å². The van der Waals surface area contributed by atoms with Gasteiger partial charge in [-0.2, -0.15) is 0 Å². The van der Waals surface area contributed by atoms with Crippen LogP contribution < -0.4 is 10.6 Å². The molecule has 5 nitrogen and oxygen atoms in total. The normalized spacial score (nSPS) is 17.8. The molecule has 0 unspecified atom stereocenters. The Labute approximate surface area is 109 Å². The highest BCUT2D eigenvalue weighted by atomic mass is 16.2. The van der Waals surface area contributed by atoms with E-state index in [4.69, 9.17) is 0 Å². The molecule has 2 amide bonds. The standard InChI is InChI=1S/C13H25N3O2/c1-10(2)15-12(17)8-14-13(18)9-16-6-4-11(3)5-7-16/h10-11H,4-9H2,1-3H3,(H,14,18)(H,15,17). The zero-order valence-electron chi connectivity index (χ0n) is 11.7. The number of hydrogen-bond acceptors (Lipinski definition) is 3. The number of carbonyl (C=O) groups excluding carboxylic acids is 2. The molecule has 1 aliphatic rings. The maximum Gasteiger partial charge on any atom is 0.239 e. The minimum Gasteiger partial charge on any atom is -0.352 e. The number of likely N-dealkylation sites (tertiary alicyclic amines) is 1. The summed E-state index contributed by atoms with van der Waals surface area (Å²) in [7, 11) is 0. The van der Waals surface area contributed by atoms with E-state index in [0.717, 1.165) is 31.8 Å². The summed E-state index contributed by atoms with van der Waals surface area (Å²) in [6.07, 6.45) is 2.31. The molecular weight excluding hydrogens is 230 g/mol. The maximum atomic E-state index is 11.7. The van der Waals surface area contributed by atoms with E-state index in [0.29, 0.717) is 6.54 Å². The van der Waals surface area contributed by atoms with Crippen LogP contribution in [0.1, 0.15) is 33.6 Å². The maximum absolute atomic E-state index is 11.7. The first-order valence-corrected chi connectivity index (χ1v) is 6.75. The van der Waals surface area contributed by atoms with Gasteiger partial charge in [0, 0.05) is 6.04 Å². The van der Waals surface area contributed by atoms with Crippen LogP contribution in [0.15, 0.2) is 0 Å². The molecule has 1 fully saturated rings. The molecule has 0 radical (unpaired) electrons. The quantitative estimate of drug-likeness (QED) is 0.745. The lowest BCUT2D eigenvalue weighted by molar-refractivity contribution is -0.127. The van der Waals surface area contributed by atoms with Crippen molar-refractivity contribution in [1.29, 1.82) is 0 Å². The molecule has 2 N–H and O–H groups in total. The van der Waals surface area contributed by atoms with Gasteiger partial charge in [0.1, 0.15) is 0 Å². The highest BCUT2D eigenvalue weighted by Gasteiger charge is 2.18. The van der Waals surface area contributed by atoms with Gasteiger partial charge in [-0.1, -0.05) is 6.92 Å². The molecule has 0 bridgehead atoms. The summed E-state index contributed by atoms with van der Waals surface area (Å²) < 4.78 is 0. The summed E-state index contributed by atoms with van der Waals surface area (Å²) in [6.45, 7) is 8.47. The average molecular weight is 255 g/mol. The van der Waals surface area contributed by atoms with Crippen LogP contribution >= 0.6 is 0 Å². The summed E-state index contributed by atoms with van der Waals surface area (Å²) in [5.41, 5.74) is 0. The van der Waals surface area contributed by atoms with Crippen LogP contribution in [0.3, 0.4) is 0 Å². The molecule has 104 valence electrons. The summed E-state index contributed by atoms with van der Waals surface area (Å²) in [5.74, 6) is 0.565. The molecule has 18 heavy (non-hydrogen) atoms. The highest BCUT2D eigenvalue weighted by Crippen LogP contribution is 2.15. The molecule has 0 aromatic heterocycles. The second kappa shape index (κ2) is 7.36. The monoisotopic (exact) mass is 255 g/mol. The van der Waals surface area contributed by atoms with Crippen molar-refractivity contribution in [1.82, 2.24) is 15.5 Å². The van der Waals surface area contributed by atoms with Crippen molar-refractivity contribution in [3.05, 3.63) is 0 Å². The van der Waals surface area contributed by atoms with E-state index < -0.39 is 0 Å². The molecule has 0 atom stereocenters. The second-order valence-corrected chi connectivity index (χ2v) is 5.46. The number of piperidine rings is 1. The zero-order valence-corrected chi connectivity index (χ0v) is 11.7. The molecule has 0 aromatic carbocycles. The van der Waals surface area contributed by atoms with E-state index in [9.17, 15) is 9.59 Å². The van der Waals surface area contributed by atoms with E-state index in [2.05, 4.69) is 22.5 Å². The van der Waals surface area contributed by atoms with Crippen LogP contribution in [0.25, 0.3) is 0 Å². The summed E-state index contributed by atoms with van der Waals surface area (Å²) in [4.78, 5) is 25.2. The number of carbonyl (C=O) groups is 2. The van der Waals surface area contributed by atoms with Gasteiger partial charge in [0.05, 0.1) is 13.1 Å². The van der Waals surface area contributed by atoms with Crippen LogP contribution in [0, 0.1) is 5.92 Å². The Bertz CT molecular complexity index is 284. The van der Waals surface area contributed by atoms with Gasteiger partial charge in [-0.05, 0) is 45.7 Å². The fraction of sp³-hybridized carbons (Fsp3) is 0.846.